The second-order valence-corrected chi connectivity index (χ2v) is 4.95. The predicted octanol–water partition coefficient (Wildman–Crippen LogP) is -0.732. The van der Waals surface area contributed by atoms with Crippen molar-refractivity contribution in [3.63, 3.8) is 0 Å². The van der Waals surface area contributed by atoms with Gasteiger partial charge in [0.2, 0.25) is 0 Å². The summed E-state index contributed by atoms with van der Waals surface area (Å²) in [5, 5.41) is 11.7. The zero-order valence-electron chi connectivity index (χ0n) is 11.8. The highest BCUT2D eigenvalue weighted by Crippen LogP contribution is 2.09. The highest BCUT2D eigenvalue weighted by molar-refractivity contribution is 5.93. The highest BCUT2D eigenvalue weighted by atomic mass is 16.4. The van der Waals surface area contributed by atoms with Crippen molar-refractivity contribution in [1.29, 1.82) is 0 Å². The average molecular weight is 293 g/mol. The summed E-state index contributed by atoms with van der Waals surface area (Å²) < 4.78 is 0. The number of amides is 1. The molecule has 1 fully saturated rings. The van der Waals surface area contributed by atoms with Gasteiger partial charge in [0.25, 0.3) is 5.91 Å². The Morgan fingerprint density at radius 1 is 1.43 bits per heavy atom. The van der Waals surface area contributed by atoms with Gasteiger partial charge in [-0.05, 0) is 6.92 Å². The van der Waals surface area contributed by atoms with Crippen LogP contribution in [0.5, 0.6) is 0 Å². The number of piperazine rings is 1. The van der Waals surface area contributed by atoms with Crippen LogP contribution in [0.15, 0.2) is 28.4 Å². The smallest absolute Gasteiger partial charge is 0.259 e. The molecule has 8 heteroatoms. The van der Waals surface area contributed by atoms with Crippen LogP contribution in [-0.4, -0.2) is 64.0 Å². The van der Waals surface area contributed by atoms with Gasteiger partial charge in [-0.3, -0.25) is 14.5 Å². The van der Waals surface area contributed by atoms with E-state index in [1.165, 1.54) is 18.5 Å². The van der Waals surface area contributed by atoms with Crippen LogP contribution < -0.4 is 11.2 Å². The molecule has 21 heavy (non-hydrogen) atoms. The fourth-order valence-corrected chi connectivity index (χ4v) is 2.34. The Kier molecular flexibility index (Phi) is 4.59. The van der Waals surface area contributed by atoms with Crippen LogP contribution >= 0.6 is 0 Å². The van der Waals surface area contributed by atoms with E-state index in [-0.39, 0.29) is 28.8 Å². The minimum atomic E-state index is -0.286. The van der Waals surface area contributed by atoms with Gasteiger partial charge < -0.3 is 20.8 Å². The van der Waals surface area contributed by atoms with Crippen LogP contribution in [0, 0.1) is 0 Å². The summed E-state index contributed by atoms with van der Waals surface area (Å²) in [6.07, 6.45) is 2.92. The molecule has 1 unspecified atom stereocenters. The maximum atomic E-state index is 12.3. The van der Waals surface area contributed by atoms with Gasteiger partial charge in [0, 0.05) is 44.6 Å². The fraction of sp³-hybridized carbons (Fsp3) is 0.462. The van der Waals surface area contributed by atoms with Crippen LogP contribution in [0.2, 0.25) is 0 Å². The number of carbonyl (C=O) groups is 1. The molecule has 1 aromatic heterocycles. The topological polar surface area (TPSA) is 115 Å². The Hall–Kier alpha value is -2.35. The minimum Gasteiger partial charge on any atom is -0.409 e. The number of aromatic nitrogens is 1. The van der Waals surface area contributed by atoms with E-state index in [2.05, 4.69) is 10.1 Å². The largest absolute Gasteiger partial charge is 0.409 e. The molecule has 1 aromatic rings. The number of nitrogens with one attached hydrogen (secondary N) is 1. The van der Waals surface area contributed by atoms with Gasteiger partial charge in [0.05, 0.1) is 6.04 Å². The molecule has 1 saturated heterocycles. The molecule has 8 nitrogen and oxygen atoms in total. The summed E-state index contributed by atoms with van der Waals surface area (Å²) in [6, 6.07) is 1.15. The van der Waals surface area contributed by atoms with Crippen LogP contribution in [0.25, 0.3) is 0 Å². The van der Waals surface area contributed by atoms with Crippen molar-refractivity contribution in [3.05, 3.63) is 34.2 Å². The van der Waals surface area contributed by atoms with Crippen LogP contribution in [0.4, 0.5) is 0 Å². The van der Waals surface area contributed by atoms with E-state index in [0.717, 1.165) is 0 Å². The molecule has 114 valence electrons. The zero-order valence-corrected chi connectivity index (χ0v) is 11.8. The Bertz CT molecular complexity index is 589. The summed E-state index contributed by atoms with van der Waals surface area (Å²) in [7, 11) is 0. The fourth-order valence-electron chi connectivity index (χ4n) is 2.34. The molecule has 2 rings (SSSR count). The first-order chi connectivity index (χ1) is 10.0. The summed E-state index contributed by atoms with van der Waals surface area (Å²) >= 11 is 0. The van der Waals surface area contributed by atoms with E-state index in [1.54, 1.807) is 4.90 Å². The van der Waals surface area contributed by atoms with Crippen molar-refractivity contribution < 1.29 is 10.0 Å². The van der Waals surface area contributed by atoms with Gasteiger partial charge in [0.15, 0.2) is 11.3 Å². The van der Waals surface area contributed by atoms with Gasteiger partial charge in [-0.2, -0.15) is 0 Å². The molecule has 0 bridgehead atoms. The molecule has 1 aliphatic rings. The predicted molar refractivity (Wildman–Crippen MR) is 77.4 cm³/mol. The van der Waals surface area contributed by atoms with Crippen molar-refractivity contribution >= 4 is 11.7 Å². The molecular weight excluding hydrogens is 274 g/mol. The number of nitrogens with zero attached hydrogens (tertiary/aromatic N) is 3. The van der Waals surface area contributed by atoms with E-state index in [9.17, 15) is 9.59 Å². The SMILES string of the molecule is CC(/C(N)=N/O)N1CCN(C(=O)c2c[nH]ccc2=O)CC1. The highest BCUT2D eigenvalue weighted by Gasteiger charge is 2.27. The number of oxime groups is 1. The average Bonchev–Trinajstić information content (AvgIpc) is 2.53. The number of pyridine rings is 1. The first-order valence-corrected chi connectivity index (χ1v) is 6.72. The molecule has 0 aromatic carbocycles. The van der Waals surface area contributed by atoms with Crippen LogP contribution in [-0.2, 0) is 0 Å². The molecule has 1 aliphatic heterocycles. The molecular formula is C13H19N5O3. The summed E-state index contributed by atoms with van der Waals surface area (Å²) in [6.45, 7) is 4.04. The lowest BCUT2D eigenvalue weighted by molar-refractivity contribution is 0.0617. The molecule has 1 amide bonds. The van der Waals surface area contributed by atoms with E-state index >= 15 is 0 Å². The second kappa shape index (κ2) is 6.40. The maximum Gasteiger partial charge on any atom is 0.259 e. The molecule has 0 radical (unpaired) electrons. The minimum absolute atomic E-state index is 0.147. The number of hydrogen-bond donors (Lipinski definition) is 3. The number of nitrogens with two attached hydrogens (primary N) is 1. The van der Waals surface area contributed by atoms with E-state index < -0.39 is 0 Å². The molecule has 4 N–H and O–H groups in total. The maximum absolute atomic E-state index is 12.3. The Morgan fingerprint density at radius 3 is 2.67 bits per heavy atom. The van der Waals surface area contributed by atoms with E-state index in [1.807, 2.05) is 11.8 Å². The third kappa shape index (κ3) is 3.22. The normalized spacial score (nSPS) is 18.5. The Labute approximate surface area is 121 Å². The summed E-state index contributed by atoms with van der Waals surface area (Å²) in [5.41, 5.74) is 5.45. The van der Waals surface area contributed by atoms with Crippen molar-refractivity contribution in [2.45, 2.75) is 13.0 Å². The number of aromatic amines is 1. The van der Waals surface area contributed by atoms with Gasteiger partial charge in [-0.15, -0.1) is 0 Å². The van der Waals surface area contributed by atoms with Gasteiger partial charge in [-0.1, -0.05) is 5.16 Å². The third-order valence-corrected chi connectivity index (χ3v) is 3.75. The quantitative estimate of drug-likeness (QED) is 0.294. The molecule has 2 heterocycles. The standard InChI is InChI=1S/C13H19N5O3/c1-9(12(14)16-21)17-4-6-18(7-5-17)13(20)10-8-15-3-2-11(10)19/h2-3,8-9,21H,4-7H2,1H3,(H2,14,16)(H,15,19). The first-order valence-electron chi connectivity index (χ1n) is 6.72. The van der Waals surface area contributed by atoms with Crippen LogP contribution in [0.1, 0.15) is 17.3 Å². The monoisotopic (exact) mass is 293 g/mol. The third-order valence-electron chi connectivity index (χ3n) is 3.75. The van der Waals surface area contributed by atoms with E-state index in [0.29, 0.717) is 26.2 Å². The summed E-state index contributed by atoms with van der Waals surface area (Å²) in [5.74, 6) is -0.123. The lowest BCUT2D eigenvalue weighted by Gasteiger charge is -2.37. The lowest BCUT2D eigenvalue weighted by Crippen LogP contribution is -2.54. The zero-order chi connectivity index (χ0) is 15.4. The second-order valence-electron chi connectivity index (χ2n) is 4.95. The number of H-pyrrole nitrogens is 1. The van der Waals surface area contributed by atoms with Crippen molar-refractivity contribution in [3.8, 4) is 0 Å². The number of rotatable bonds is 3. The van der Waals surface area contributed by atoms with Gasteiger partial charge in [-0.25, -0.2) is 0 Å². The first kappa shape index (κ1) is 15.0. The Morgan fingerprint density at radius 2 is 2.10 bits per heavy atom. The van der Waals surface area contributed by atoms with Crippen molar-refractivity contribution in [1.82, 2.24) is 14.8 Å². The number of carbonyl (C=O) groups excluding carboxylic acids is 1. The van der Waals surface area contributed by atoms with Gasteiger partial charge >= 0.3 is 0 Å². The molecule has 1 atom stereocenters. The molecule has 0 aliphatic carbocycles. The molecule has 0 spiro atoms. The summed E-state index contributed by atoms with van der Waals surface area (Å²) in [4.78, 5) is 30.4. The van der Waals surface area contributed by atoms with Crippen molar-refractivity contribution in [2.24, 2.45) is 10.9 Å². The number of amidine groups is 1. The van der Waals surface area contributed by atoms with Gasteiger partial charge in [0.1, 0.15) is 5.56 Å². The molecule has 0 saturated carbocycles. The van der Waals surface area contributed by atoms with E-state index in [4.69, 9.17) is 10.9 Å². The van der Waals surface area contributed by atoms with Crippen molar-refractivity contribution in [2.75, 3.05) is 26.2 Å². The Balaban J connectivity index is 2.00. The lowest BCUT2D eigenvalue weighted by atomic mass is 10.2. The number of hydrogen-bond acceptors (Lipinski definition) is 5. The van der Waals surface area contributed by atoms with Crippen LogP contribution in [0.3, 0.4) is 0 Å².